The molecule has 1 heterocycles. The Morgan fingerprint density at radius 3 is 2.94 bits per heavy atom. The van der Waals surface area contributed by atoms with Crippen molar-refractivity contribution in [1.82, 2.24) is 9.55 Å². The summed E-state index contributed by atoms with van der Waals surface area (Å²) in [5.74, 6) is 0. The molecule has 0 bridgehead atoms. The molecule has 0 aliphatic heterocycles. The molecule has 0 fully saturated rings. The molecule has 92 valence electrons. The Bertz CT molecular complexity index is 586. The van der Waals surface area contributed by atoms with E-state index in [2.05, 4.69) is 33.6 Å². The third kappa shape index (κ3) is 2.89. The quantitative estimate of drug-likeness (QED) is 0.855. The highest BCUT2D eigenvalue weighted by atomic mass is 127. The molecule has 1 N–H and O–H groups in total. The summed E-state index contributed by atoms with van der Waals surface area (Å²) in [6.07, 6.45) is 4.14. The number of aliphatic hydroxyl groups is 1. The molecule has 4 nitrogen and oxygen atoms in total. The summed E-state index contributed by atoms with van der Waals surface area (Å²) in [7, 11) is 0. The molecule has 2 rings (SSSR count). The van der Waals surface area contributed by atoms with Crippen LogP contribution in [0.15, 0.2) is 30.7 Å². The molecule has 0 amide bonds. The van der Waals surface area contributed by atoms with Gasteiger partial charge in [0.05, 0.1) is 18.0 Å². The number of halogens is 1. The summed E-state index contributed by atoms with van der Waals surface area (Å²) < 4.78 is 3.08. The largest absolute Gasteiger partial charge is 0.396 e. The summed E-state index contributed by atoms with van der Waals surface area (Å²) in [6.45, 7) is 0.829. The smallest absolute Gasteiger partial charge is 0.0991 e. The van der Waals surface area contributed by atoms with Gasteiger partial charge in [-0.05, 0) is 40.3 Å². The number of aliphatic hydroxyl groups excluding tert-OH is 1. The molecule has 1 aromatic heterocycles. The average molecular weight is 353 g/mol. The Morgan fingerprint density at radius 1 is 1.44 bits per heavy atom. The maximum absolute atomic E-state index is 8.97. The van der Waals surface area contributed by atoms with Crippen molar-refractivity contribution in [1.29, 1.82) is 5.26 Å². The second-order valence-corrected chi connectivity index (χ2v) is 5.07. The third-order valence-electron chi connectivity index (χ3n) is 2.69. The molecule has 2 aromatic rings. The molecule has 18 heavy (non-hydrogen) atoms. The van der Waals surface area contributed by atoms with E-state index < -0.39 is 0 Å². The third-order valence-corrected chi connectivity index (χ3v) is 3.69. The molecule has 0 saturated carbocycles. The minimum Gasteiger partial charge on any atom is -0.396 e. The van der Waals surface area contributed by atoms with Crippen LogP contribution in [0.3, 0.4) is 0 Å². The summed E-state index contributed by atoms with van der Waals surface area (Å²) >= 11 is 2.23. The van der Waals surface area contributed by atoms with Crippen LogP contribution in [0.5, 0.6) is 0 Å². The highest BCUT2D eigenvalue weighted by Crippen LogP contribution is 2.16. The highest BCUT2D eigenvalue weighted by Gasteiger charge is 2.06. The van der Waals surface area contributed by atoms with Gasteiger partial charge in [0.15, 0.2) is 0 Å². The summed E-state index contributed by atoms with van der Waals surface area (Å²) in [5, 5.41) is 17.8. The molecule has 1 aromatic carbocycles. The molecule has 0 radical (unpaired) electrons. The van der Waals surface area contributed by atoms with Gasteiger partial charge in [0.25, 0.3) is 0 Å². The number of hydrogen-bond donors (Lipinski definition) is 1. The average Bonchev–Trinajstić information content (AvgIpc) is 2.80. The van der Waals surface area contributed by atoms with E-state index >= 15 is 0 Å². The van der Waals surface area contributed by atoms with E-state index in [0.717, 1.165) is 14.8 Å². The van der Waals surface area contributed by atoms with Crippen molar-refractivity contribution in [3.8, 4) is 6.07 Å². The Labute approximate surface area is 119 Å². The van der Waals surface area contributed by atoms with Crippen molar-refractivity contribution in [2.75, 3.05) is 6.61 Å². The fraction of sp³-hybridized carbons (Fsp3) is 0.231. The fourth-order valence-electron chi connectivity index (χ4n) is 1.74. The van der Waals surface area contributed by atoms with E-state index in [9.17, 15) is 0 Å². The topological polar surface area (TPSA) is 61.8 Å². The first-order valence-electron chi connectivity index (χ1n) is 5.53. The van der Waals surface area contributed by atoms with Crippen molar-refractivity contribution < 1.29 is 5.11 Å². The number of aromatic nitrogens is 2. The van der Waals surface area contributed by atoms with Crippen LogP contribution in [0.1, 0.15) is 16.8 Å². The van der Waals surface area contributed by atoms with Gasteiger partial charge in [-0.15, -0.1) is 0 Å². The zero-order valence-corrected chi connectivity index (χ0v) is 11.8. The minimum atomic E-state index is 0.121. The van der Waals surface area contributed by atoms with E-state index in [1.807, 2.05) is 22.8 Å². The van der Waals surface area contributed by atoms with E-state index in [-0.39, 0.29) is 6.61 Å². The van der Waals surface area contributed by atoms with Crippen molar-refractivity contribution >= 4 is 22.6 Å². The number of hydrogen-bond acceptors (Lipinski definition) is 3. The monoisotopic (exact) mass is 353 g/mol. The van der Waals surface area contributed by atoms with Gasteiger partial charge < -0.3 is 9.67 Å². The van der Waals surface area contributed by atoms with Crippen LogP contribution in [-0.2, 0) is 13.0 Å². The standard InChI is InChI=1S/C13H12IN3O/c14-13-5-10(6-15)1-2-11(13)8-17-9-16-7-12(17)3-4-18/h1-2,5,7,9,18H,3-4,8H2. The lowest BCUT2D eigenvalue weighted by Crippen LogP contribution is -2.06. The molecule has 0 aliphatic carbocycles. The maximum Gasteiger partial charge on any atom is 0.0991 e. The van der Waals surface area contributed by atoms with Gasteiger partial charge in [0.2, 0.25) is 0 Å². The van der Waals surface area contributed by atoms with Crippen LogP contribution < -0.4 is 0 Å². The van der Waals surface area contributed by atoms with Gasteiger partial charge in [0.1, 0.15) is 0 Å². The van der Waals surface area contributed by atoms with Gasteiger partial charge in [-0.1, -0.05) is 6.07 Å². The Hall–Kier alpha value is -1.39. The van der Waals surface area contributed by atoms with Crippen LogP contribution in [0.2, 0.25) is 0 Å². The minimum absolute atomic E-state index is 0.121. The Balaban J connectivity index is 2.23. The Morgan fingerprint density at radius 2 is 2.28 bits per heavy atom. The summed E-state index contributed by atoms with van der Waals surface area (Å²) in [5.41, 5.74) is 2.83. The van der Waals surface area contributed by atoms with Crippen LogP contribution in [0.25, 0.3) is 0 Å². The zero-order chi connectivity index (χ0) is 13.0. The SMILES string of the molecule is N#Cc1ccc(Cn2cncc2CCO)c(I)c1. The van der Waals surface area contributed by atoms with Crippen molar-refractivity contribution in [2.24, 2.45) is 0 Å². The van der Waals surface area contributed by atoms with Gasteiger partial charge in [-0.25, -0.2) is 4.98 Å². The summed E-state index contributed by atoms with van der Waals surface area (Å²) in [6, 6.07) is 7.78. The van der Waals surface area contributed by atoms with Gasteiger partial charge in [-0.3, -0.25) is 0 Å². The van der Waals surface area contributed by atoms with Crippen molar-refractivity contribution in [3.63, 3.8) is 0 Å². The number of nitriles is 1. The number of rotatable bonds is 4. The number of benzene rings is 1. The lowest BCUT2D eigenvalue weighted by Gasteiger charge is -2.09. The summed E-state index contributed by atoms with van der Waals surface area (Å²) in [4.78, 5) is 4.10. The zero-order valence-electron chi connectivity index (χ0n) is 9.67. The first kappa shape index (κ1) is 13.1. The molecule has 0 spiro atoms. The normalized spacial score (nSPS) is 10.3. The predicted molar refractivity (Wildman–Crippen MR) is 76.0 cm³/mol. The highest BCUT2D eigenvalue weighted by molar-refractivity contribution is 14.1. The van der Waals surface area contributed by atoms with Gasteiger partial charge in [-0.2, -0.15) is 5.26 Å². The first-order valence-corrected chi connectivity index (χ1v) is 6.61. The lowest BCUT2D eigenvalue weighted by atomic mass is 10.1. The Kier molecular flexibility index (Phi) is 4.33. The van der Waals surface area contributed by atoms with Crippen LogP contribution in [0, 0.1) is 14.9 Å². The van der Waals surface area contributed by atoms with E-state index in [1.54, 1.807) is 12.5 Å². The van der Waals surface area contributed by atoms with Gasteiger partial charge >= 0.3 is 0 Å². The van der Waals surface area contributed by atoms with Gasteiger partial charge in [0, 0.05) is 35.0 Å². The first-order chi connectivity index (χ1) is 8.74. The molecule has 0 aliphatic rings. The van der Waals surface area contributed by atoms with Crippen LogP contribution in [0.4, 0.5) is 0 Å². The molecule has 5 heteroatoms. The van der Waals surface area contributed by atoms with Crippen molar-refractivity contribution in [2.45, 2.75) is 13.0 Å². The lowest BCUT2D eigenvalue weighted by molar-refractivity contribution is 0.296. The predicted octanol–water partition coefficient (Wildman–Crippen LogP) is 1.94. The second kappa shape index (κ2) is 5.98. The fourth-order valence-corrected chi connectivity index (χ4v) is 2.43. The van der Waals surface area contributed by atoms with E-state index in [4.69, 9.17) is 10.4 Å². The number of nitrogens with zero attached hydrogens (tertiary/aromatic N) is 3. The molecular weight excluding hydrogens is 341 g/mol. The molecular formula is C13H12IN3O. The molecule has 0 unspecified atom stereocenters. The van der Waals surface area contributed by atoms with E-state index in [0.29, 0.717) is 18.5 Å². The van der Waals surface area contributed by atoms with E-state index in [1.165, 1.54) is 0 Å². The van der Waals surface area contributed by atoms with Crippen LogP contribution >= 0.6 is 22.6 Å². The molecule has 0 atom stereocenters. The van der Waals surface area contributed by atoms with Crippen LogP contribution in [-0.4, -0.2) is 21.3 Å². The number of imidazole rings is 1. The van der Waals surface area contributed by atoms with Crippen molar-refractivity contribution in [3.05, 3.63) is 51.1 Å². The second-order valence-electron chi connectivity index (χ2n) is 3.90. The maximum atomic E-state index is 8.97. The molecule has 0 saturated heterocycles.